The molecule has 27 heavy (non-hydrogen) atoms. The van der Waals surface area contributed by atoms with Gasteiger partial charge in [0.2, 0.25) is 5.91 Å². The van der Waals surface area contributed by atoms with Crippen molar-refractivity contribution < 1.29 is 9.18 Å². The Hall–Kier alpha value is -2.28. The highest BCUT2D eigenvalue weighted by Gasteiger charge is 2.32. The van der Waals surface area contributed by atoms with Crippen LogP contribution in [0.2, 0.25) is 0 Å². The summed E-state index contributed by atoms with van der Waals surface area (Å²) in [6.45, 7) is 3.30. The van der Waals surface area contributed by atoms with Gasteiger partial charge in [-0.05, 0) is 68.1 Å². The topological polar surface area (TPSA) is 53.9 Å². The molecular formula is C20H23FN4OS. The summed E-state index contributed by atoms with van der Waals surface area (Å²) in [5, 5.41) is 7.40. The third-order valence-corrected chi connectivity index (χ3v) is 5.74. The molecule has 1 amide bonds. The smallest absolute Gasteiger partial charge is 0.246 e. The predicted molar refractivity (Wildman–Crippen MR) is 104 cm³/mol. The Balaban J connectivity index is 1.40. The maximum Gasteiger partial charge on any atom is 0.246 e. The molecular weight excluding hydrogens is 363 g/mol. The number of carbonyl (C=O) groups excluding carboxylic acids is 1. The fourth-order valence-electron chi connectivity index (χ4n) is 3.72. The van der Waals surface area contributed by atoms with Gasteiger partial charge in [-0.2, -0.15) is 5.10 Å². The molecule has 0 unspecified atom stereocenters. The Morgan fingerprint density at radius 2 is 1.89 bits per heavy atom. The summed E-state index contributed by atoms with van der Waals surface area (Å²) in [6.07, 6.45) is 5.77. The summed E-state index contributed by atoms with van der Waals surface area (Å²) < 4.78 is 15.9. The van der Waals surface area contributed by atoms with Crippen LogP contribution in [0.5, 0.6) is 0 Å². The van der Waals surface area contributed by atoms with Crippen molar-refractivity contribution in [3.63, 3.8) is 0 Å². The van der Waals surface area contributed by atoms with E-state index in [-0.39, 0.29) is 11.7 Å². The number of hydrogen-bond acceptors (Lipinski definition) is 3. The number of aromatic nitrogens is 3. The number of likely N-dealkylation sites (tertiary alicyclic amines) is 1. The van der Waals surface area contributed by atoms with E-state index < -0.39 is 0 Å². The lowest BCUT2D eigenvalue weighted by atomic mass is 9.95. The zero-order valence-electron chi connectivity index (χ0n) is 15.3. The summed E-state index contributed by atoms with van der Waals surface area (Å²) in [5.41, 5.74) is 1.70. The van der Waals surface area contributed by atoms with Crippen molar-refractivity contribution in [1.82, 2.24) is 19.7 Å². The van der Waals surface area contributed by atoms with Gasteiger partial charge in [0.05, 0.1) is 0 Å². The number of H-pyrrole nitrogens is 1. The lowest BCUT2D eigenvalue weighted by Crippen LogP contribution is -2.37. The van der Waals surface area contributed by atoms with Crippen LogP contribution in [0.25, 0.3) is 5.57 Å². The van der Waals surface area contributed by atoms with Crippen molar-refractivity contribution in [2.24, 2.45) is 0 Å². The molecule has 7 heteroatoms. The number of benzene rings is 1. The fraction of sp³-hybridized carbons (Fsp3) is 0.450. The molecule has 142 valence electrons. The van der Waals surface area contributed by atoms with E-state index in [1.807, 2.05) is 11.8 Å². The largest absolute Gasteiger partial charge is 0.339 e. The quantitative estimate of drug-likeness (QED) is 0.632. The Morgan fingerprint density at radius 1 is 1.22 bits per heavy atom. The molecule has 0 spiro atoms. The lowest BCUT2D eigenvalue weighted by molar-refractivity contribution is -0.127. The molecule has 1 N–H and O–H groups in total. The molecule has 0 radical (unpaired) electrons. The molecule has 2 aromatic rings. The number of aromatic amines is 1. The van der Waals surface area contributed by atoms with Crippen LogP contribution < -0.4 is 0 Å². The Labute approximate surface area is 162 Å². The third kappa shape index (κ3) is 3.88. The maximum atomic E-state index is 13.1. The van der Waals surface area contributed by atoms with E-state index in [1.165, 1.54) is 25.0 Å². The molecule has 4 rings (SSSR count). The van der Waals surface area contributed by atoms with E-state index in [1.54, 1.807) is 18.2 Å². The van der Waals surface area contributed by atoms with Gasteiger partial charge in [0, 0.05) is 31.1 Å². The highest BCUT2D eigenvalue weighted by Crippen LogP contribution is 2.39. The minimum absolute atomic E-state index is 0.0105. The van der Waals surface area contributed by atoms with Gasteiger partial charge in [0.1, 0.15) is 11.6 Å². The highest BCUT2D eigenvalue weighted by atomic mass is 32.1. The summed E-state index contributed by atoms with van der Waals surface area (Å²) in [4.78, 5) is 14.5. The maximum absolute atomic E-state index is 13.1. The number of carbonyl (C=O) groups is 1. The number of halogens is 1. The Bertz CT molecular complexity index is 918. The SMILES string of the molecule is CC(=CC(=O)N1CCC(c2n[nH]c(=S)n2C2CC2)CC1)c1ccc(F)cc1. The van der Waals surface area contributed by atoms with Crippen molar-refractivity contribution in [2.45, 2.75) is 44.6 Å². The molecule has 0 atom stereocenters. The first-order valence-corrected chi connectivity index (χ1v) is 9.83. The van der Waals surface area contributed by atoms with Crippen LogP contribution in [-0.4, -0.2) is 38.7 Å². The molecule has 5 nitrogen and oxygen atoms in total. The zero-order chi connectivity index (χ0) is 19.0. The van der Waals surface area contributed by atoms with Gasteiger partial charge in [-0.15, -0.1) is 0 Å². The Morgan fingerprint density at radius 3 is 2.52 bits per heavy atom. The van der Waals surface area contributed by atoms with Gasteiger partial charge in [0.15, 0.2) is 4.77 Å². The average Bonchev–Trinajstić information content (AvgIpc) is 3.44. The van der Waals surface area contributed by atoms with E-state index in [9.17, 15) is 9.18 Å². The monoisotopic (exact) mass is 386 g/mol. The zero-order valence-corrected chi connectivity index (χ0v) is 16.1. The second kappa shape index (κ2) is 7.38. The van der Waals surface area contributed by atoms with E-state index in [2.05, 4.69) is 14.8 Å². The van der Waals surface area contributed by atoms with E-state index in [0.29, 0.717) is 29.8 Å². The highest BCUT2D eigenvalue weighted by molar-refractivity contribution is 7.71. The third-order valence-electron chi connectivity index (χ3n) is 5.46. The van der Waals surface area contributed by atoms with Crippen LogP contribution in [0, 0.1) is 10.6 Å². The van der Waals surface area contributed by atoms with Gasteiger partial charge in [0.25, 0.3) is 0 Å². The summed E-state index contributed by atoms with van der Waals surface area (Å²) in [5.74, 6) is 1.12. The van der Waals surface area contributed by atoms with Crippen LogP contribution in [0.15, 0.2) is 30.3 Å². The van der Waals surface area contributed by atoms with Crippen LogP contribution in [0.3, 0.4) is 0 Å². The number of allylic oxidation sites excluding steroid dienone is 1. The second-order valence-corrected chi connectivity index (χ2v) is 7.81. The molecule has 1 aliphatic heterocycles. The normalized spacial score (nSPS) is 18.7. The predicted octanol–water partition coefficient (Wildman–Crippen LogP) is 4.22. The van der Waals surface area contributed by atoms with Crippen LogP contribution in [0.1, 0.15) is 56.0 Å². The molecule has 2 aliphatic rings. The summed E-state index contributed by atoms with van der Waals surface area (Å²) >= 11 is 5.37. The number of rotatable bonds is 4. The summed E-state index contributed by atoms with van der Waals surface area (Å²) in [7, 11) is 0. The number of amides is 1. The van der Waals surface area contributed by atoms with Gasteiger partial charge in [-0.3, -0.25) is 9.89 Å². The van der Waals surface area contributed by atoms with Gasteiger partial charge in [-0.1, -0.05) is 12.1 Å². The molecule has 1 aromatic carbocycles. The Kier molecular flexibility index (Phi) is 4.95. The molecule has 1 aromatic heterocycles. The van der Waals surface area contributed by atoms with E-state index >= 15 is 0 Å². The van der Waals surface area contributed by atoms with Crippen molar-refractivity contribution >= 4 is 23.7 Å². The second-order valence-electron chi connectivity index (χ2n) is 7.42. The van der Waals surface area contributed by atoms with Crippen molar-refractivity contribution in [3.05, 3.63) is 52.3 Å². The molecule has 1 saturated carbocycles. The molecule has 1 aliphatic carbocycles. The number of nitrogens with zero attached hydrogens (tertiary/aromatic N) is 3. The van der Waals surface area contributed by atoms with Crippen LogP contribution >= 0.6 is 12.2 Å². The molecule has 0 bridgehead atoms. The van der Waals surface area contributed by atoms with Gasteiger partial charge in [-0.25, -0.2) is 4.39 Å². The first-order valence-electron chi connectivity index (χ1n) is 9.43. The number of piperidine rings is 1. The minimum atomic E-state index is -0.274. The van der Waals surface area contributed by atoms with E-state index in [0.717, 1.165) is 29.8 Å². The lowest BCUT2D eigenvalue weighted by Gasteiger charge is -2.31. The molecule has 2 heterocycles. The standard InChI is InChI=1S/C20H23FN4OS/c1-13(14-2-4-16(21)5-3-14)12-18(26)24-10-8-15(9-11-24)19-22-23-20(27)25(19)17-6-7-17/h2-5,12,15,17H,6-11H2,1H3,(H,23,27). The van der Waals surface area contributed by atoms with E-state index in [4.69, 9.17) is 12.2 Å². The van der Waals surface area contributed by atoms with Crippen molar-refractivity contribution in [3.8, 4) is 0 Å². The van der Waals surface area contributed by atoms with Gasteiger partial charge >= 0.3 is 0 Å². The number of nitrogens with one attached hydrogen (secondary N) is 1. The first-order chi connectivity index (χ1) is 13.0. The fourth-order valence-corrected chi connectivity index (χ4v) is 4.01. The number of hydrogen-bond donors (Lipinski definition) is 1. The first kappa shape index (κ1) is 18.1. The van der Waals surface area contributed by atoms with Gasteiger partial charge < -0.3 is 9.47 Å². The van der Waals surface area contributed by atoms with Crippen molar-refractivity contribution in [2.75, 3.05) is 13.1 Å². The van der Waals surface area contributed by atoms with Crippen LogP contribution in [0.4, 0.5) is 4.39 Å². The molecule has 2 fully saturated rings. The summed E-state index contributed by atoms with van der Waals surface area (Å²) in [6, 6.07) is 6.72. The van der Waals surface area contributed by atoms with Crippen LogP contribution in [-0.2, 0) is 4.79 Å². The molecule has 1 saturated heterocycles. The van der Waals surface area contributed by atoms with Crippen molar-refractivity contribution in [1.29, 1.82) is 0 Å². The minimum Gasteiger partial charge on any atom is -0.339 e. The average molecular weight is 386 g/mol.